The number of aryl methyl sites for hydroxylation is 1. The van der Waals surface area contributed by atoms with Crippen molar-refractivity contribution in [1.29, 1.82) is 0 Å². The predicted molar refractivity (Wildman–Crippen MR) is 93.0 cm³/mol. The summed E-state index contributed by atoms with van der Waals surface area (Å²) in [5, 5.41) is 4.91. The van der Waals surface area contributed by atoms with E-state index < -0.39 is 0 Å². The van der Waals surface area contributed by atoms with Crippen molar-refractivity contribution in [2.45, 2.75) is 85.7 Å². The fourth-order valence-electron chi connectivity index (χ4n) is 3.29. The fraction of sp³-hybridized carbons (Fsp3) is 0.833. The maximum absolute atomic E-state index is 4.88. The molecule has 0 bridgehead atoms. The van der Waals surface area contributed by atoms with E-state index in [-0.39, 0.29) is 0 Å². The number of nitrogens with one attached hydrogen (secondary N) is 1. The third-order valence-corrected chi connectivity index (χ3v) is 6.20. The second-order valence-corrected chi connectivity index (χ2v) is 9.13. The van der Waals surface area contributed by atoms with E-state index in [1.54, 1.807) is 0 Å². The third-order valence-electron chi connectivity index (χ3n) is 4.88. The van der Waals surface area contributed by atoms with E-state index in [2.05, 4.69) is 46.9 Å². The summed E-state index contributed by atoms with van der Waals surface area (Å²) in [4.78, 5) is 6.31. The Hall–Kier alpha value is -0.410. The van der Waals surface area contributed by atoms with E-state index in [1.165, 1.54) is 41.3 Å². The van der Waals surface area contributed by atoms with Gasteiger partial charge in [0.05, 0.1) is 10.7 Å². The Kier molecular flexibility index (Phi) is 5.48. The Morgan fingerprint density at radius 1 is 1.19 bits per heavy atom. The van der Waals surface area contributed by atoms with E-state index in [4.69, 9.17) is 4.98 Å². The number of nitrogens with zero attached hydrogens (tertiary/aromatic N) is 1. The molecule has 1 aromatic heterocycles. The lowest BCUT2D eigenvalue weighted by Crippen LogP contribution is -2.25. The molecule has 1 aliphatic carbocycles. The first-order valence-corrected chi connectivity index (χ1v) is 9.28. The van der Waals surface area contributed by atoms with Crippen LogP contribution in [0.5, 0.6) is 0 Å². The highest BCUT2D eigenvalue weighted by atomic mass is 32.1. The van der Waals surface area contributed by atoms with Gasteiger partial charge in [0.1, 0.15) is 0 Å². The zero-order chi connectivity index (χ0) is 15.6. The van der Waals surface area contributed by atoms with E-state index in [9.17, 15) is 0 Å². The molecular weight excluding hydrogens is 276 g/mol. The SMILES string of the molecule is Cc1nc(C2CCC(C(C)(C)C)CC2)sc1CNC(C)C. The van der Waals surface area contributed by atoms with Crippen LogP contribution in [0.2, 0.25) is 0 Å². The molecule has 21 heavy (non-hydrogen) atoms. The first-order valence-electron chi connectivity index (χ1n) is 8.47. The first-order chi connectivity index (χ1) is 9.77. The average Bonchev–Trinajstić information content (AvgIpc) is 2.77. The van der Waals surface area contributed by atoms with Crippen LogP contribution < -0.4 is 5.32 Å². The minimum absolute atomic E-state index is 0.468. The van der Waals surface area contributed by atoms with Gasteiger partial charge >= 0.3 is 0 Å². The first kappa shape index (κ1) is 17.0. The van der Waals surface area contributed by atoms with Crippen LogP contribution in [0.4, 0.5) is 0 Å². The van der Waals surface area contributed by atoms with Gasteiger partial charge in [-0.2, -0.15) is 0 Å². The summed E-state index contributed by atoms with van der Waals surface area (Å²) in [6.07, 6.45) is 5.39. The van der Waals surface area contributed by atoms with E-state index in [0.29, 0.717) is 17.4 Å². The number of rotatable bonds is 4. The zero-order valence-corrected chi connectivity index (χ0v) is 15.4. The largest absolute Gasteiger partial charge is 0.310 e. The molecule has 3 heteroatoms. The lowest BCUT2D eigenvalue weighted by atomic mass is 9.70. The fourth-order valence-corrected chi connectivity index (χ4v) is 4.48. The Morgan fingerprint density at radius 3 is 2.33 bits per heavy atom. The zero-order valence-electron chi connectivity index (χ0n) is 14.6. The van der Waals surface area contributed by atoms with Gasteiger partial charge < -0.3 is 5.32 Å². The summed E-state index contributed by atoms with van der Waals surface area (Å²) in [6.45, 7) is 14.7. The molecule has 0 spiro atoms. The van der Waals surface area contributed by atoms with Crippen LogP contribution in [-0.4, -0.2) is 11.0 Å². The molecule has 0 unspecified atom stereocenters. The third kappa shape index (κ3) is 4.53. The van der Waals surface area contributed by atoms with Gasteiger partial charge in [-0.1, -0.05) is 34.6 Å². The van der Waals surface area contributed by atoms with Crippen molar-refractivity contribution in [3.05, 3.63) is 15.6 Å². The summed E-state index contributed by atoms with van der Waals surface area (Å²) in [5.74, 6) is 1.59. The van der Waals surface area contributed by atoms with Gasteiger partial charge in [-0.25, -0.2) is 4.98 Å². The van der Waals surface area contributed by atoms with Crippen molar-refractivity contribution in [3.8, 4) is 0 Å². The van der Waals surface area contributed by atoms with Crippen LogP contribution in [-0.2, 0) is 6.54 Å². The molecule has 1 N–H and O–H groups in total. The van der Waals surface area contributed by atoms with E-state index in [1.807, 2.05) is 11.3 Å². The van der Waals surface area contributed by atoms with Gasteiger partial charge in [-0.05, 0) is 43.9 Å². The average molecular weight is 309 g/mol. The summed E-state index contributed by atoms with van der Waals surface area (Å²) in [5.41, 5.74) is 1.71. The molecule has 1 aromatic rings. The smallest absolute Gasteiger partial charge is 0.0962 e. The molecule has 1 saturated carbocycles. The molecule has 120 valence electrons. The van der Waals surface area contributed by atoms with Gasteiger partial charge in [0.15, 0.2) is 0 Å². The van der Waals surface area contributed by atoms with Crippen LogP contribution in [0.25, 0.3) is 0 Å². The maximum Gasteiger partial charge on any atom is 0.0962 e. The molecule has 0 radical (unpaired) electrons. The standard InChI is InChI=1S/C18H32N2S/c1-12(2)19-11-16-13(3)20-17(21-16)14-7-9-15(10-8-14)18(4,5)6/h12,14-15,19H,7-11H2,1-6H3. The summed E-state index contributed by atoms with van der Waals surface area (Å²) in [6, 6.07) is 0.539. The Bertz CT molecular complexity index is 448. The van der Waals surface area contributed by atoms with Crippen LogP contribution >= 0.6 is 11.3 Å². The summed E-state index contributed by atoms with van der Waals surface area (Å²) >= 11 is 1.94. The number of thiazole rings is 1. The quantitative estimate of drug-likeness (QED) is 0.819. The highest BCUT2D eigenvalue weighted by molar-refractivity contribution is 7.11. The normalized spacial score (nSPS) is 23.8. The minimum atomic E-state index is 0.468. The number of hydrogen-bond donors (Lipinski definition) is 1. The molecule has 2 nitrogen and oxygen atoms in total. The molecular formula is C18H32N2S. The predicted octanol–water partition coefficient (Wildman–Crippen LogP) is 5.27. The van der Waals surface area contributed by atoms with Gasteiger partial charge in [-0.15, -0.1) is 11.3 Å². The van der Waals surface area contributed by atoms with E-state index in [0.717, 1.165) is 12.5 Å². The molecule has 1 aliphatic rings. The number of hydrogen-bond acceptors (Lipinski definition) is 3. The van der Waals surface area contributed by atoms with E-state index >= 15 is 0 Å². The van der Waals surface area contributed by atoms with Crippen LogP contribution in [0, 0.1) is 18.3 Å². The topological polar surface area (TPSA) is 24.9 Å². The molecule has 1 fully saturated rings. The van der Waals surface area contributed by atoms with Crippen molar-refractivity contribution >= 4 is 11.3 Å². The molecule has 0 aromatic carbocycles. The van der Waals surface area contributed by atoms with Gasteiger partial charge in [0.2, 0.25) is 0 Å². The lowest BCUT2D eigenvalue weighted by molar-refractivity contribution is 0.169. The highest BCUT2D eigenvalue weighted by Crippen LogP contribution is 2.44. The van der Waals surface area contributed by atoms with Crippen LogP contribution in [0.1, 0.15) is 81.8 Å². The van der Waals surface area contributed by atoms with Crippen molar-refractivity contribution in [3.63, 3.8) is 0 Å². The summed E-state index contributed by atoms with van der Waals surface area (Å²) in [7, 11) is 0. The van der Waals surface area contributed by atoms with Crippen molar-refractivity contribution in [1.82, 2.24) is 10.3 Å². The molecule has 1 heterocycles. The molecule has 0 amide bonds. The molecule has 0 aliphatic heterocycles. The van der Waals surface area contributed by atoms with Crippen LogP contribution in [0.3, 0.4) is 0 Å². The Balaban J connectivity index is 1.96. The maximum atomic E-state index is 4.88. The van der Waals surface area contributed by atoms with Gasteiger partial charge in [0.25, 0.3) is 0 Å². The molecule has 2 rings (SSSR count). The van der Waals surface area contributed by atoms with Crippen LogP contribution in [0.15, 0.2) is 0 Å². The second kappa shape index (κ2) is 6.78. The molecule has 0 saturated heterocycles. The lowest BCUT2D eigenvalue weighted by Gasteiger charge is -2.36. The van der Waals surface area contributed by atoms with Crippen molar-refractivity contribution in [2.75, 3.05) is 0 Å². The minimum Gasteiger partial charge on any atom is -0.310 e. The molecule has 0 atom stereocenters. The highest BCUT2D eigenvalue weighted by Gasteiger charge is 2.31. The Labute approximate surface area is 134 Å². The van der Waals surface area contributed by atoms with Crippen molar-refractivity contribution in [2.24, 2.45) is 11.3 Å². The van der Waals surface area contributed by atoms with Gasteiger partial charge in [0, 0.05) is 23.4 Å². The number of aromatic nitrogens is 1. The second-order valence-electron chi connectivity index (χ2n) is 8.01. The van der Waals surface area contributed by atoms with Crippen molar-refractivity contribution < 1.29 is 0 Å². The monoisotopic (exact) mass is 308 g/mol. The Morgan fingerprint density at radius 2 is 1.81 bits per heavy atom. The summed E-state index contributed by atoms with van der Waals surface area (Å²) < 4.78 is 0. The van der Waals surface area contributed by atoms with Gasteiger partial charge in [-0.3, -0.25) is 0 Å².